The van der Waals surface area contributed by atoms with Crippen molar-refractivity contribution in [1.82, 2.24) is 4.90 Å². The zero-order valence-corrected chi connectivity index (χ0v) is 5.68. The van der Waals surface area contributed by atoms with Crippen molar-refractivity contribution in [2.24, 2.45) is 15.0 Å². The summed E-state index contributed by atoms with van der Waals surface area (Å²) in [5.74, 6) is -1.13. The van der Waals surface area contributed by atoms with Gasteiger partial charge in [0.05, 0.1) is 0 Å². The number of carbonyl (C=O) groups excluding carboxylic acids is 2. The molecule has 0 fully saturated rings. The Hall–Kier alpha value is -1.85. The van der Waals surface area contributed by atoms with Gasteiger partial charge in [0.1, 0.15) is 6.34 Å². The maximum atomic E-state index is 11.5. The van der Waals surface area contributed by atoms with Crippen LogP contribution in [0.3, 0.4) is 0 Å². The Bertz CT molecular complexity index is 448. The fourth-order valence-corrected chi connectivity index (χ4v) is 0.826. The van der Waals surface area contributed by atoms with Gasteiger partial charge in [-0.05, 0) is 0 Å². The van der Waals surface area contributed by atoms with Crippen LogP contribution in [0.1, 0.15) is 4.11 Å². The summed E-state index contributed by atoms with van der Waals surface area (Å²) in [6, 6.07) is -1.15. The predicted octanol–water partition coefficient (Wildman–Crippen LogP) is -0.540. The van der Waals surface area contributed by atoms with Gasteiger partial charge < -0.3 is 0 Å². The molecule has 0 N–H and O–H groups in total. The summed E-state index contributed by atoms with van der Waals surface area (Å²) in [6.07, 6.45) is 1.04. The van der Waals surface area contributed by atoms with E-state index < -0.39 is 18.9 Å². The maximum absolute atomic E-state index is 11.5. The standard InChI is InChI=1S/C6H4N4O2/c1-10-5(11)3-4(8-2-7-3)9-6(10)12/h2H,1H3/i1D3. The van der Waals surface area contributed by atoms with E-state index >= 15 is 0 Å². The lowest BCUT2D eigenvalue weighted by atomic mass is 10.3. The smallest absolute Gasteiger partial charge is 0.267 e. The highest BCUT2D eigenvalue weighted by Gasteiger charge is 2.32. The Morgan fingerprint density at radius 1 is 1.58 bits per heavy atom. The van der Waals surface area contributed by atoms with E-state index in [1.807, 2.05) is 0 Å². The normalized spacial score (nSPS) is 25.7. The molecular formula is C6H4N4O2. The van der Waals surface area contributed by atoms with E-state index in [0.717, 1.165) is 6.34 Å². The molecule has 0 saturated carbocycles. The summed E-state index contributed by atoms with van der Waals surface area (Å²) in [7, 11) is 0. The number of fused-ring (bicyclic) bond motifs is 1. The molecule has 0 aromatic carbocycles. The average Bonchev–Trinajstić information content (AvgIpc) is 2.48. The van der Waals surface area contributed by atoms with Gasteiger partial charge in [-0.3, -0.25) is 9.69 Å². The summed E-state index contributed by atoms with van der Waals surface area (Å²) in [5.41, 5.74) is -0.217. The summed E-state index contributed by atoms with van der Waals surface area (Å²) >= 11 is 0. The lowest BCUT2D eigenvalue weighted by Gasteiger charge is -2.15. The highest BCUT2D eigenvalue weighted by atomic mass is 16.2. The molecule has 0 bridgehead atoms. The molecule has 0 aromatic heterocycles. The zero-order chi connectivity index (χ0) is 11.2. The number of hydrogen-bond acceptors (Lipinski definition) is 4. The SMILES string of the molecule is [2H]C([2H])([2H])N1C(=O)N=C2N=CN=C2C1=O. The van der Waals surface area contributed by atoms with Crippen LogP contribution in [-0.2, 0) is 4.79 Å². The van der Waals surface area contributed by atoms with E-state index in [0.29, 0.717) is 0 Å². The van der Waals surface area contributed by atoms with E-state index in [2.05, 4.69) is 15.0 Å². The molecule has 6 heteroatoms. The van der Waals surface area contributed by atoms with E-state index in [-0.39, 0.29) is 16.4 Å². The number of urea groups is 1. The van der Waals surface area contributed by atoms with Crippen molar-refractivity contribution >= 4 is 29.8 Å². The van der Waals surface area contributed by atoms with Gasteiger partial charge in [0.2, 0.25) is 0 Å². The Morgan fingerprint density at radius 3 is 3.17 bits per heavy atom. The van der Waals surface area contributed by atoms with Gasteiger partial charge in [0, 0.05) is 11.1 Å². The van der Waals surface area contributed by atoms with Gasteiger partial charge in [-0.15, -0.1) is 0 Å². The van der Waals surface area contributed by atoms with Crippen LogP contribution in [0.15, 0.2) is 15.0 Å². The first-order valence-electron chi connectivity index (χ1n) is 4.49. The van der Waals surface area contributed by atoms with Crippen molar-refractivity contribution in [3.05, 3.63) is 0 Å². The number of imide groups is 1. The monoisotopic (exact) mass is 167 g/mol. The molecule has 0 atom stereocenters. The first kappa shape index (κ1) is 4.24. The summed E-state index contributed by atoms with van der Waals surface area (Å²) in [5, 5.41) is 0. The molecule has 3 amide bonds. The third-order valence-electron chi connectivity index (χ3n) is 1.38. The third kappa shape index (κ3) is 0.714. The van der Waals surface area contributed by atoms with Crippen molar-refractivity contribution in [3.8, 4) is 0 Å². The van der Waals surface area contributed by atoms with Crippen LogP contribution in [0.4, 0.5) is 4.79 Å². The van der Waals surface area contributed by atoms with Crippen molar-refractivity contribution < 1.29 is 13.7 Å². The lowest BCUT2D eigenvalue weighted by Crippen LogP contribution is -2.43. The largest absolute Gasteiger partial charge is 0.352 e. The van der Waals surface area contributed by atoms with Gasteiger partial charge in [-0.2, -0.15) is 4.99 Å². The topological polar surface area (TPSA) is 74.5 Å². The zero-order valence-electron chi connectivity index (χ0n) is 8.68. The second-order valence-electron chi connectivity index (χ2n) is 2.08. The predicted molar refractivity (Wildman–Crippen MR) is 41.5 cm³/mol. The van der Waals surface area contributed by atoms with Crippen LogP contribution in [-0.4, -0.2) is 41.7 Å². The fraction of sp³-hybridized carbons (Fsp3) is 0.167. The molecule has 0 radical (unpaired) electrons. The van der Waals surface area contributed by atoms with Crippen molar-refractivity contribution in [3.63, 3.8) is 0 Å². The molecule has 0 spiro atoms. The van der Waals surface area contributed by atoms with Crippen LogP contribution in [0.5, 0.6) is 0 Å². The van der Waals surface area contributed by atoms with Gasteiger partial charge >= 0.3 is 6.03 Å². The van der Waals surface area contributed by atoms with E-state index in [4.69, 9.17) is 4.11 Å². The minimum Gasteiger partial charge on any atom is -0.267 e. The van der Waals surface area contributed by atoms with E-state index in [1.165, 1.54) is 0 Å². The van der Waals surface area contributed by atoms with Crippen LogP contribution < -0.4 is 0 Å². The molecule has 0 unspecified atom stereocenters. The van der Waals surface area contributed by atoms with Gasteiger partial charge in [0.15, 0.2) is 11.5 Å². The number of carbonyl (C=O) groups is 2. The number of amides is 3. The molecular weight excluding hydrogens is 160 g/mol. The number of hydrogen-bond donors (Lipinski definition) is 0. The van der Waals surface area contributed by atoms with Crippen molar-refractivity contribution in [2.45, 2.75) is 0 Å². The van der Waals surface area contributed by atoms with Crippen molar-refractivity contribution in [2.75, 3.05) is 6.98 Å². The number of aliphatic imine (C=N–C) groups is 3. The average molecular weight is 167 g/mol. The van der Waals surface area contributed by atoms with Gasteiger partial charge in [-0.25, -0.2) is 14.8 Å². The van der Waals surface area contributed by atoms with E-state index in [9.17, 15) is 9.59 Å². The number of amidine groups is 1. The number of nitrogens with zero attached hydrogens (tertiary/aromatic N) is 4. The minimum atomic E-state index is -2.85. The molecule has 0 aliphatic carbocycles. The first-order chi connectivity index (χ1) is 6.91. The molecule has 12 heavy (non-hydrogen) atoms. The van der Waals surface area contributed by atoms with Gasteiger partial charge in [0.25, 0.3) is 5.91 Å². The highest BCUT2D eigenvalue weighted by molar-refractivity contribution is 6.71. The molecule has 2 rings (SSSR count). The van der Waals surface area contributed by atoms with Crippen LogP contribution in [0, 0.1) is 0 Å². The number of rotatable bonds is 0. The lowest BCUT2D eigenvalue weighted by molar-refractivity contribution is -0.120. The second-order valence-corrected chi connectivity index (χ2v) is 2.08. The summed E-state index contributed by atoms with van der Waals surface area (Å²) in [6.45, 7) is -2.85. The molecule has 6 nitrogen and oxygen atoms in total. The Balaban J connectivity index is 2.48. The maximum Gasteiger partial charge on any atom is 0.352 e. The Kier molecular flexibility index (Phi) is 0.731. The van der Waals surface area contributed by atoms with Gasteiger partial charge in [-0.1, -0.05) is 0 Å². The second kappa shape index (κ2) is 2.07. The highest BCUT2D eigenvalue weighted by Crippen LogP contribution is 2.07. The fourth-order valence-electron chi connectivity index (χ4n) is 0.826. The Morgan fingerprint density at radius 2 is 2.42 bits per heavy atom. The molecule has 2 aliphatic rings. The molecule has 2 aliphatic heterocycles. The first-order valence-corrected chi connectivity index (χ1v) is 2.99. The molecule has 60 valence electrons. The third-order valence-corrected chi connectivity index (χ3v) is 1.38. The van der Waals surface area contributed by atoms with Crippen molar-refractivity contribution in [1.29, 1.82) is 0 Å². The molecule has 0 aromatic rings. The quantitative estimate of drug-likeness (QED) is 0.486. The van der Waals surface area contributed by atoms with Crippen LogP contribution in [0.25, 0.3) is 0 Å². The van der Waals surface area contributed by atoms with Crippen LogP contribution in [0.2, 0.25) is 0 Å². The minimum absolute atomic E-state index is 0.0873. The molecule has 0 saturated heterocycles. The van der Waals surface area contributed by atoms with E-state index in [1.54, 1.807) is 0 Å². The molecule has 2 heterocycles. The summed E-state index contributed by atoms with van der Waals surface area (Å²) in [4.78, 5) is 33.2. The van der Waals surface area contributed by atoms with Crippen LogP contribution >= 0.6 is 0 Å². The summed E-state index contributed by atoms with van der Waals surface area (Å²) < 4.78 is 21.0. The Labute approximate surface area is 71.5 Å².